The molecular formula is C58H39NO. The van der Waals surface area contributed by atoms with Gasteiger partial charge in [-0.1, -0.05) is 194 Å². The van der Waals surface area contributed by atoms with Gasteiger partial charge >= 0.3 is 0 Å². The summed E-state index contributed by atoms with van der Waals surface area (Å²) in [5, 5.41) is 2.39. The third-order valence-corrected chi connectivity index (χ3v) is 11.7. The maximum atomic E-state index is 7.47. The molecule has 0 N–H and O–H groups in total. The van der Waals surface area contributed by atoms with E-state index in [1.807, 2.05) is 0 Å². The lowest BCUT2D eigenvalue weighted by molar-refractivity contribution is 0.490. The van der Waals surface area contributed by atoms with Crippen molar-refractivity contribution in [1.82, 2.24) is 0 Å². The molecule has 0 unspecified atom stereocenters. The Morgan fingerprint density at radius 2 is 0.633 bits per heavy atom. The van der Waals surface area contributed by atoms with Crippen LogP contribution in [0.5, 0.6) is 11.5 Å². The number of nitrogens with zero attached hydrogens (tertiary/aromatic N) is 1. The van der Waals surface area contributed by atoms with Gasteiger partial charge in [-0.05, 0) is 103 Å². The first-order chi connectivity index (χ1) is 29.7. The van der Waals surface area contributed by atoms with E-state index in [1.54, 1.807) is 0 Å². The number of rotatable bonds is 7. The Hall–Kier alpha value is -7.94. The van der Waals surface area contributed by atoms with Crippen LogP contribution in [0.15, 0.2) is 237 Å². The minimum atomic E-state index is 0.811. The molecule has 0 radical (unpaired) electrons. The van der Waals surface area contributed by atoms with Gasteiger partial charge in [0.2, 0.25) is 0 Å². The van der Waals surface area contributed by atoms with E-state index >= 15 is 0 Å². The van der Waals surface area contributed by atoms with E-state index in [2.05, 4.69) is 241 Å². The molecule has 1 aliphatic rings. The Balaban J connectivity index is 1.06. The molecule has 0 amide bonds. The van der Waals surface area contributed by atoms with E-state index in [9.17, 15) is 0 Å². The third kappa shape index (κ3) is 6.41. The van der Waals surface area contributed by atoms with Crippen molar-refractivity contribution in [2.24, 2.45) is 0 Å². The number of hydrogen-bond donors (Lipinski definition) is 0. The number of benzene rings is 10. The zero-order chi connectivity index (χ0) is 39.8. The van der Waals surface area contributed by atoms with Gasteiger partial charge in [-0.3, -0.25) is 0 Å². The minimum Gasteiger partial charge on any atom is -0.453 e. The van der Waals surface area contributed by atoms with Crippen LogP contribution >= 0.6 is 0 Å². The molecule has 10 aromatic rings. The molecule has 0 aromatic heterocycles. The Morgan fingerprint density at radius 3 is 1.17 bits per heavy atom. The number of fused-ring (bicyclic) bond motifs is 6. The van der Waals surface area contributed by atoms with Crippen molar-refractivity contribution < 1.29 is 4.74 Å². The third-order valence-electron chi connectivity index (χ3n) is 11.7. The summed E-state index contributed by atoms with van der Waals surface area (Å²) in [7, 11) is 0. The van der Waals surface area contributed by atoms with Crippen LogP contribution in [0.2, 0.25) is 0 Å². The van der Waals surface area contributed by atoms with Gasteiger partial charge in [0.05, 0.1) is 5.69 Å². The first-order valence-electron chi connectivity index (χ1n) is 20.5. The van der Waals surface area contributed by atoms with E-state index in [1.165, 1.54) is 38.6 Å². The second-order valence-electron chi connectivity index (χ2n) is 15.3. The SMILES string of the molecule is c1ccc(-c2ccc(-c3ccc(N(c4ccccc4)c4cccc5c4Oc4c(-c6ccc(-c7ccccc7)cc6)cccc4-c4cc6ccccc6cc4-5)cc3)cc2)cc1. The van der Waals surface area contributed by atoms with Gasteiger partial charge in [0.15, 0.2) is 5.75 Å². The first-order valence-corrected chi connectivity index (χ1v) is 20.5. The van der Waals surface area contributed by atoms with Gasteiger partial charge in [0.25, 0.3) is 0 Å². The summed E-state index contributed by atoms with van der Waals surface area (Å²) in [6, 6.07) is 84.6. The highest BCUT2D eigenvalue weighted by molar-refractivity contribution is 6.03. The standard InChI is InChI=1S/C58H39NO/c1-4-14-40(15-5-1)42-26-28-44(29-27-42)45-34-36-50(37-35-45)59(49-20-8-3-9-21-49)56-25-13-24-53-55-39-48-19-11-10-18-47(48)38-54(55)52-23-12-22-51(57(52)60-58(53)56)46-32-30-43(31-33-46)41-16-6-2-7-17-41/h1-39H. The average Bonchev–Trinajstić information content (AvgIpc) is 3.47. The molecule has 0 saturated carbocycles. The van der Waals surface area contributed by atoms with E-state index in [0.29, 0.717) is 0 Å². The van der Waals surface area contributed by atoms with Gasteiger partial charge in [0.1, 0.15) is 5.75 Å². The highest BCUT2D eigenvalue weighted by atomic mass is 16.5. The summed E-state index contributed by atoms with van der Waals surface area (Å²) < 4.78 is 7.47. The highest BCUT2D eigenvalue weighted by Crippen LogP contribution is 2.55. The smallest absolute Gasteiger partial charge is 0.159 e. The van der Waals surface area contributed by atoms with Crippen LogP contribution in [0.4, 0.5) is 17.1 Å². The summed E-state index contributed by atoms with van der Waals surface area (Å²) in [6.07, 6.45) is 0. The first kappa shape index (κ1) is 35.2. The molecule has 0 saturated heterocycles. The van der Waals surface area contributed by atoms with Crippen LogP contribution in [0, 0.1) is 0 Å². The quantitative estimate of drug-likeness (QED) is 0.160. The molecule has 1 aliphatic heterocycles. The van der Waals surface area contributed by atoms with Crippen LogP contribution in [0.3, 0.4) is 0 Å². The molecule has 282 valence electrons. The monoisotopic (exact) mass is 765 g/mol. The van der Waals surface area contributed by atoms with Crippen molar-refractivity contribution in [2.45, 2.75) is 0 Å². The summed E-state index contributed by atoms with van der Waals surface area (Å²) in [4.78, 5) is 2.32. The fourth-order valence-electron chi connectivity index (χ4n) is 8.66. The Labute approximate surface area is 350 Å². The van der Waals surface area contributed by atoms with Crippen LogP contribution < -0.4 is 9.64 Å². The summed E-state index contributed by atoms with van der Waals surface area (Å²) >= 11 is 0. The fraction of sp³-hybridized carbons (Fsp3) is 0. The summed E-state index contributed by atoms with van der Waals surface area (Å²) in [5.74, 6) is 1.65. The lowest BCUT2D eigenvalue weighted by atomic mass is 9.89. The molecular weight excluding hydrogens is 727 g/mol. The van der Waals surface area contributed by atoms with Crippen molar-refractivity contribution in [1.29, 1.82) is 0 Å². The number of anilines is 3. The van der Waals surface area contributed by atoms with Crippen molar-refractivity contribution in [3.05, 3.63) is 237 Å². The molecule has 0 aliphatic carbocycles. The molecule has 2 nitrogen and oxygen atoms in total. The van der Waals surface area contributed by atoms with Gasteiger partial charge in [-0.2, -0.15) is 0 Å². The Kier molecular flexibility index (Phi) is 8.87. The van der Waals surface area contributed by atoms with E-state index in [4.69, 9.17) is 4.74 Å². The second kappa shape index (κ2) is 15.1. The van der Waals surface area contributed by atoms with Crippen LogP contribution in [0.1, 0.15) is 0 Å². The largest absolute Gasteiger partial charge is 0.453 e. The highest BCUT2D eigenvalue weighted by Gasteiger charge is 2.28. The van der Waals surface area contributed by atoms with Crippen molar-refractivity contribution in [3.8, 4) is 78.3 Å². The van der Waals surface area contributed by atoms with Crippen molar-refractivity contribution >= 4 is 27.8 Å². The molecule has 60 heavy (non-hydrogen) atoms. The predicted octanol–water partition coefficient (Wildman–Crippen LogP) is 16.4. The number of ether oxygens (including phenoxy) is 1. The molecule has 11 rings (SSSR count). The average molecular weight is 766 g/mol. The second-order valence-corrected chi connectivity index (χ2v) is 15.3. The topological polar surface area (TPSA) is 12.5 Å². The van der Waals surface area contributed by atoms with Crippen molar-refractivity contribution in [3.63, 3.8) is 0 Å². The maximum absolute atomic E-state index is 7.47. The lowest BCUT2D eigenvalue weighted by Gasteiger charge is -2.28. The van der Waals surface area contributed by atoms with Gasteiger partial charge in [-0.15, -0.1) is 0 Å². The van der Waals surface area contributed by atoms with Gasteiger partial charge < -0.3 is 9.64 Å². The van der Waals surface area contributed by atoms with Crippen molar-refractivity contribution in [2.75, 3.05) is 4.90 Å². The minimum absolute atomic E-state index is 0.811. The molecule has 0 fully saturated rings. The summed E-state index contributed by atoms with van der Waals surface area (Å²) in [5.41, 5.74) is 16.7. The molecule has 10 aromatic carbocycles. The van der Waals surface area contributed by atoms with E-state index in [-0.39, 0.29) is 0 Å². The Morgan fingerprint density at radius 1 is 0.250 bits per heavy atom. The maximum Gasteiger partial charge on any atom is 0.159 e. The van der Waals surface area contributed by atoms with E-state index < -0.39 is 0 Å². The number of hydrogen-bond acceptors (Lipinski definition) is 2. The lowest BCUT2D eigenvalue weighted by Crippen LogP contribution is -2.11. The normalized spacial score (nSPS) is 11.5. The molecule has 1 heterocycles. The Bertz CT molecular complexity index is 3120. The molecule has 0 bridgehead atoms. The van der Waals surface area contributed by atoms with Gasteiger partial charge in [0, 0.05) is 28.1 Å². The molecule has 0 spiro atoms. The zero-order valence-corrected chi connectivity index (χ0v) is 32.9. The predicted molar refractivity (Wildman–Crippen MR) is 251 cm³/mol. The van der Waals surface area contributed by atoms with Crippen LogP contribution in [-0.4, -0.2) is 0 Å². The van der Waals surface area contributed by atoms with Gasteiger partial charge in [-0.25, -0.2) is 0 Å². The van der Waals surface area contributed by atoms with Crippen LogP contribution in [-0.2, 0) is 0 Å². The van der Waals surface area contributed by atoms with E-state index in [0.717, 1.165) is 67.5 Å². The fourth-order valence-corrected chi connectivity index (χ4v) is 8.66. The summed E-state index contributed by atoms with van der Waals surface area (Å²) in [6.45, 7) is 0. The van der Waals surface area contributed by atoms with Crippen LogP contribution in [0.25, 0.3) is 77.5 Å². The molecule has 0 atom stereocenters. The zero-order valence-electron chi connectivity index (χ0n) is 32.9. The molecule has 2 heteroatoms. The number of para-hydroxylation sites is 3.